The molecule has 0 saturated carbocycles. The molecule has 3 atom stereocenters. The molecule has 1 aliphatic rings. The minimum atomic E-state index is -4.09. The molecule has 1 fully saturated rings. The summed E-state index contributed by atoms with van der Waals surface area (Å²) < 4.78 is 29.0. The van der Waals surface area contributed by atoms with Crippen molar-refractivity contribution in [2.75, 3.05) is 26.2 Å². The van der Waals surface area contributed by atoms with E-state index in [2.05, 4.69) is 15.5 Å². The number of hydrogen-bond donors (Lipinski definition) is 2. The number of nitrogens with one attached hydrogen (secondary N) is 1. The molecule has 1 aliphatic heterocycles. The van der Waals surface area contributed by atoms with E-state index in [0.717, 1.165) is 16.3 Å². The van der Waals surface area contributed by atoms with Crippen LogP contribution in [-0.4, -0.2) is 88.9 Å². The highest BCUT2D eigenvalue weighted by atomic mass is 32.2. The smallest absolute Gasteiger partial charge is 0.321 e. The van der Waals surface area contributed by atoms with Crippen molar-refractivity contribution in [3.63, 3.8) is 0 Å². The molecular weight excluding hydrogens is 653 g/mol. The number of nitrogens with zero attached hydrogens (tertiary/aromatic N) is 5. The van der Waals surface area contributed by atoms with Crippen molar-refractivity contribution in [1.82, 2.24) is 24.4 Å². The summed E-state index contributed by atoms with van der Waals surface area (Å²) in [5.74, 6) is -0.732. The maximum Gasteiger partial charge on any atom is 0.321 e. The number of urea groups is 1. The van der Waals surface area contributed by atoms with E-state index in [1.54, 1.807) is 21.9 Å². The number of hydrogen-bond acceptors (Lipinski definition) is 9. The van der Waals surface area contributed by atoms with E-state index >= 15 is 0 Å². The molecule has 0 radical (unpaired) electrons. The van der Waals surface area contributed by atoms with Gasteiger partial charge in [0.1, 0.15) is 12.6 Å². The van der Waals surface area contributed by atoms with E-state index < -0.39 is 34.1 Å². The number of sulfonamides is 1. The van der Waals surface area contributed by atoms with E-state index in [1.807, 2.05) is 70.3 Å². The van der Waals surface area contributed by atoms with Gasteiger partial charge in [-0.15, -0.1) is 11.3 Å². The van der Waals surface area contributed by atoms with Crippen LogP contribution < -0.4 is 5.32 Å². The lowest BCUT2D eigenvalue weighted by Gasteiger charge is -2.34. The number of benzene rings is 2. The topological polar surface area (TPSA) is 153 Å². The van der Waals surface area contributed by atoms with Gasteiger partial charge in [0.15, 0.2) is 0 Å². The zero-order valence-corrected chi connectivity index (χ0v) is 29.8. The van der Waals surface area contributed by atoms with Gasteiger partial charge >= 0.3 is 6.03 Å². The van der Waals surface area contributed by atoms with Gasteiger partial charge in [0.05, 0.1) is 34.3 Å². The number of aliphatic hydroxyl groups excluding tert-OH is 1. The number of aryl methyl sites for hydroxylation is 1. The summed E-state index contributed by atoms with van der Waals surface area (Å²) in [4.78, 5) is 46.2. The number of carbonyl (C=O) groups excluding carboxylic acids is 2. The molecule has 0 unspecified atom stereocenters. The predicted octanol–water partition coefficient (Wildman–Crippen LogP) is 4.42. The fraction of sp³-hybridized carbons (Fsp3) is 0.500. The number of nitroso groups, excluding NO2 is 1. The van der Waals surface area contributed by atoms with Crippen molar-refractivity contribution >= 4 is 33.3 Å². The Morgan fingerprint density at radius 1 is 1.06 bits per heavy atom. The van der Waals surface area contributed by atoms with Crippen molar-refractivity contribution in [2.24, 2.45) is 17.0 Å². The minimum absolute atomic E-state index is 0.00933. The first kappa shape index (κ1) is 37.1. The summed E-state index contributed by atoms with van der Waals surface area (Å²) in [6, 6.07) is 13.4. The third-order valence-electron chi connectivity index (χ3n) is 8.22. The first-order valence-corrected chi connectivity index (χ1v) is 18.5. The standard InChI is InChI=1S/C34H46N6O6S2/c1-23(2)19-39(48(45,46)29-13-9-12-27(16-29)18-35-44)21-31(41)30(17-26-10-7-6-8-11-26)37-33(42)32(24(3)4)40-15-14-38(34(40)43)20-28-22-47-25(5)36-28/h6-13,16,22-24,30-32,41H,14-15,17-21H2,1-5H3,(H,37,42)/t30-,31+,32-/m0/s1. The normalized spacial score (nSPS) is 15.7. The molecule has 0 aliphatic carbocycles. The summed E-state index contributed by atoms with van der Waals surface area (Å²) >= 11 is 1.52. The van der Waals surface area contributed by atoms with Crippen LogP contribution in [0, 0.1) is 23.7 Å². The molecular formula is C34H46N6O6S2. The van der Waals surface area contributed by atoms with Gasteiger partial charge in [0, 0.05) is 31.6 Å². The molecule has 2 aromatic carbocycles. The maximum atomic E-state index is 14.1. The van der Waals surface area contributed by atoms with Gasteiger partial charge in [0.2, 0.25) is 15.9 Å². The Morgan fingerprint density at radius 3 is 2.40 bits per heavy atom. The summed E-state index contributed by atoms with van der Waals surface area (Å²) in [6.45, 7) is 10.3. The van der Waals surface area contributed by atoms with Gasteiger partial charge < -0.3 is 20.2 Å². The molecule has 14 heteroatoms. The molecule has 0 spiro atoms. The Morgan fingerprint density at radius 2 is 1.77 bits per heavy atom. The fourth-order valence-corrected chi connectivity index (χ4v) is 8.24. The average molecular weight is 699 g/mol. The first-order valence-electron chi connectivity index (χ1n) is 16.2. The second-order valence-corrected chi connectivity index (χ2v) is 16.0. The predicted molar refractivity (Wildman–Crippen MR) is 186 cm³/mol. The van der Waals surface area contributed by atoms with Gasteiger partial charge in [-0.1, -0.05) is 75.3 Å². The van der Waals surface area contributed by atoms with Crippen molar-refractivity contribution < 1.29 is 23.1 Å². The molecule has 12 nitrogen and oxygen atoms in total. The minimum Gasteiger partial charge on any atom is -0.390 e. The van der Waals surface area contributed by atoms with Crippen LogP contribution in [0.5, 0.6) is 0 Å². The number of aliphatic hydroxyl groups is 1. The lowest BCUT2D eigenvalue weighted by molar-refractivity contribution is -0.128. The lowest BCUT2D eigenvalue weighted by Crippen LogP contribution is -2.57. The highest BCUT2D eigenvalue weighted by molar-refractivity contribution is 7.89. The molecule has 1 aromatic heterocycles. The third kappa shape index (κ3) is 9.46. The van der Waals surface area contributed by atoms with Crippen LogP contribution >= 0.6 is 11.3 Å². The molecule has 3 amide bonds. The van der Waals surface area contributed by atoms with E-state index in [0.29, 0.717) is 25.2 Å². The van der Waals surface area contributed by atoms with Crippen LogP contribution in [-0.2, 0) is 34.3 Å². The molecule has 4 rings (SSSR count). The van der Waals surface area contributed by atoms with E-state index in [9.17, 15) is 28.0 Å². The van der Waals surface area contributed by atoms with Crippen molar-refractivity contribution in [3.8, 4) is 0 Å². The van der Waals surface area contributed by atoms with E-state index in [4.69, 9.17) is 0 Å². The van der Waals surface area contributed by atoms with Gasteiger partial charge in [-0.05, 0) is 48.4 Å². The molecule has 260 valence electrons. The van der Waals surface area contributed by atoms with Crippen molar-refractivity contribution in [1.29, 1.82) is 0 Å². The second-order valence-electron chi connectivity index (χ2n) is 13.0. The van der Waals surface area contributed by atoms with Crippen molar-refractivity contribution in [2.45, 2.75) is 77.2 Å². The highest BCUT2D eigenvalue weighted by Gasteiger charge is 2.40. The zero-order chi connectivity index (χ0) is 35.0. The first-order chi connectivity index (χ1) is 22.8. The van der Waals surface area contributed by atoms with Crippen molar-refractivity contribution in [3.05, 3.63) is 86.7 Å². The van der Waals surface area contributed by atoms with Crippen LogP contribution in [0.3, 0.4) is 0 Å². The Bertz CT molecular complexity index is 1650. The number of thiazole rings is 1. The molecule has 2 N–H and O–H groups in total. The Kier molecular flexibility index (Phi) is 12.8. The largest absolute Gasteiger partial charge is 0.390 e. The average Bonchev–Trinajstić information content (AvgIpc) is 3.61. The molecule has 48 heavy (non-hydrogen) atoms. The lowest BCUT2D eigenvalue weighted by atomic mass is 9.97. The van der Waals surface area contributed by atoms with Crippen LogP contribution in [0.25, 0.3) is 0 Å². The highest BCUT2D eigenvalue weighted by Crippen LogP contribution is 2.23. The van der Waals surface area contributed by atoms with E-state index in [1.165, 1.54) is 27.8 Å². The number of aromatic nitrogens is 1. The number of carbonyl (C=O) groups is 2. The quantitative estimate of drug-likeness (QED) is 0.198. The van der Waals surface area contributed by atoms with Crippen LogP contribution in [0.15, 0.2) is 70.0 Å². The summed E-state index contributed by atoms with van der Waals surface area (Å²) in [5.41, 5.74) is 2.11. The third-order valence-corrected chi connectivity index (χ3v) is 10.9. The van der Waals surface area contributed by atoms with E-state index in [-0.39, 0.29) is 48.8 Å². The van der Waals surface area contributed by atoms with Gasteiger partial charge in [-0.3, -0.25) is 4.79 Å². The molecule has 0 bridgehead atoms. The van der Waals surface area contributed by atoms with Gasteiger partial charge in [0.25, 0.3) is 0 Å². The van der Waals surface area contributed by atoms with Gasteiger partial charge in [-0.2, -0.15) is 9.21 Å². The Labute approximate surface area is 287 Å². The maximum absolute atomic E-state index is 14.1. The monoisotopic (exact) mass is 698 g/mol. The zero-order valence-electron chi connectivity index (χ0n) is 28.2. The fourth-order valence-electron chi connectivity index (χ4n) is 5.95. The van der Waals surface area contributed by atoms with Crippen LogP contribution in [0.1, 0.15) is 49.5 Å². The molecule has 2 heterocycles. The SMILES string of the molecule is Cc1nc(CN2CCN([C@H](C(=O)N[C@@H](Cc3ccccc3)[C@H](O)CN(CC(C)C)S(=O)(=O)c3cccc(CN=O)c3)C(C)C)C2=O)cs1. The summed E-state index contributed by atoms with van der Waals surface area (Å²) in [6.07, 6.45) is -1.06. The molecule has 3 aromatic rings. The second kappa shape index (κ2) is 16.6. The summed E-state index contributed by atoms with van der Waals surface area (Å²) in [5, 5.41) is 20.5. The number of amides is 3. The Hall–Kier alpha value is -3.72. The van der Waals surface area contributed by atoms with Crippen LogP contribution in [0.2, 0.25) is 0 Å². The van der Waals surface area contributed by atoms with Gasteiger partial charge in [-0.25, -0.2) is 18.2 Å². The Balaban J connectivity index is 1.58. The van der Waals surface area contributed by atoms with Crippen LogP contribution in [0.4, 0.5) is 4.79 Å². The molecule has 1 saturated heterocycles. The number of rotatable bonds is 17. The summed E-state index contributed by atoms with van der Waals surface area (Å²) in [7, 11) is -4.09.